The van der Waals surface area contributed by atoms with Gasteiger partial charge in [0, 0.05) is 17.9 Å². The SMILES string of the molecule is CC(CCN)C(=O)NCC1(CO)CCCCC1. The van der Waals surface area contributed by atoms with Crippen molar-refractivity contribution in [3.8, 4) is 0 Å². The zero-order valence-electron chi connectivity index (χ0n) is 10.9. The molecular weight excluding hydrogens is 216 g/mol. The summed E-state index contributed by atoms with van der Waals surface area (Å²) in [6.45, 7) is 3.23. The molecule has 1 aliphatic carbocycles. The third-order valence-corrected chi connectivity index (χ3v) is 3.93. The van der Waals surface area contributed by atoms with Crippen molar-refractivity contribution in [2.75, 3.05) is 19.7 Å². The fraction of sp³-hybridized carbons (Fsp3) is 0.923. The summed E-state index contributed by atoms with van der Waals surface area (Å²) in [4.78, 5) is 11.8. The van der Waals surface area contributed by atoms with Crippen LogP contribution in [0.4, 0.5) is 0 Å². The molecule has 1 unspecified atom stereocenters. The minimum atomic E-state index is -0.0731. The van der Waals surface area contributed by atoms with Crippen LogP contribution in [0.25, 0.3) is 0 Å². The Morgan fingerprint density at radius 1 is 1.41 bits per heavy atom. The molecule has 0 aromatic heterocycles. The summed E-state index contributed by atoms with van der Waals surface area (Å²) in [5.74, 6) is 0.0354. The van der Waals surface area contributed by atoms with Gasteiger partial charge in [0.25, 0.3) is 0 Å². The minimum Gasteiger partial charge on any atom is -0.396 e. The summed E-state index contributed by atoms with van der Waals surface area (Å²) < 4.78 is 0. The molecule has 4 heteroatoms. The molecule has 0 radical (unpaired) electrons. The van der Waals surface area contributed by atoms with Crippen LogP contribution >= 0.6 is 0 Å². The first-order valence-corrected chi connectivity index (χ1v) is 6.72. The monoisotopic (exact) mass is 242 g/mol. The van der Waals surface area contributed by atoms with Crippen molar-refractivity contribution in [2.45, 2.75) is 45.4 Å². The van der Waals surface area contributed by atoms with Gasteiger partial charge in [-0.3, -0.25) is 4.79 Å². The lowest BCUT2D eigenvalue weighted by molar-refractivity contribution is -0.125. The second kappa shape index (κ2) is 6.97. The molecule has 1 fully saturated rings. The van der Waals surface area contributed by atoms with Gasteiger partial charge in [0.05, 0.1) is 6.61 Å². The molecule has 0 spiro atoms. The number of nitrogens with one attached hydrogen (secondary N) is 1. The van der Waals surface area contributed by atoms with Gasteiger partial charge in [-0.1, -0.05) is 26.2 Å². The number of hydrogen-bond donors (Lipinski definition) is 3. The van der Waals surface area contributed by atoms with Crippen LogP contribution in [-0.2, 0) is 4.79 Å². The lowest BCUT2D eigenvalue weighted by Gasteiger charge is -2.36. The molecular formula is C13H26N2O2. The minimum absolute atomic E-state index is 0.0284. The fourth-order valence-electron chi connectivity index (χ4n) is 2.52. The Morgan fingerprint density at radius 2 is 2.06 bits per heavy atom. The van der Waals surface area contributed by atoms with Crippen LogP contribution in [0.3, 0.4) is 0 Å². The van der Waals surface area contributed by atoms with E-state index >= 15 is 0 Å². The normalized spacial score (nSPS) is 20.9. The molecule has 17 heavy (non-hydrogen) atoms. The van der Waals surface area contributed by atoms with Crippen LogP contribution < -0.4 is 11.1 Å². The molecule has 100 valence electrons. The van der Waals surface area contributed by atoms with E-state index in [2.05, 4.69) is 5.32 Å². The first kappa shape index (κ1) is 14.5. The van der Waals surface area contributed by atoms with E-state index in [1.54, 1.807) is 0 Å². The van der Waals surface area contributed by atoms with Crippen molar-refractivity contribution in [3.63, 3.8) is 0 Å². The molecule has 1 atom stereocenters. The van der Waals surface area contributed by atoms with E-state index in [-0.39, 0.29) is 23.8 Å². The second-order valence-corrected chi connectivity index (χ2v) is 5.41. The number of amides is 1. The van der Waals surface area contributed by atoms with Gasteiger partial charge >= 0.3 is 0 Å². The Bertz CT molecular complexity index is 238. The molecule has 4 nitrogen and oxygen atoms in total. The maximum absolute atomic E-state index is 11.8. The third kappa shape index (κ3) is 4.28. The highest BCUT2D eigenvalue weighted by Gasteiger charge is 2.32. The summed E-state index contributed by atoms with van der Waals surface area (Å²) >= 11 is 0. The van der Waals surface area contributed by atoms with Gasteiger partial charge < -0.3 is 16.2 Å². The largest absolute Gasteiger partial charge is 0.396 e. The average Bonchev–Trinajstić information content (AvgIpc) is 2.37. The van der Waals surface area contributed by atoms with Gasteiger partial charge in [-0.25, -0.2) is 0 Å². The van der Waals surface area contributed by atoms with Crippen LogP contribution in [0.2, 0.25) is 0 Å². The molecule has 1 amide bonds. The number of rotatable bonds is 6. The number of carbonyl (C=O) groups excluding carboxylic acids is 1. The fourth-order valence-corrected chi connectivity index (χ4v) is 2.52. The molecule has 4 N–H and O–H groups in total. The van der Waals surface area contributed by atoms with E-state index in [1.807, 2.05) is 6.92 Å². The van der Waals surface area contributed by atoms with E-state index in [0.29, 0.717) is 13.1 Å². The van der Waals surface area contributed by atoms with Crippen molar-refractivity contribution in [3.05, 3.63) is 0 Å². The highest BCUT2D eigenvalue weighted by atomic mass is 16.3. The molecule has 0 bridgehead atoms. The highest BCUT2D eigenvalue weighted by Crippen LogP contribution is 2.35. The lowest BCUT2D eigenvalue weighted by atomic mass is 9.74. The van der Waals surface area contributed by atoms with Crippen LogP contribution in [-0.4, -0.2) is 30.7 Å². The maximum Gasteiger partial charge on any atom is 0.222 e. The number of aliphatic hydroxyl groups is 1. The van der Waals surface area contributed by atoms with Gasteiger partial charge in [-0.15, -0.1) is 0 Å². The van der Waals surface area contributed by atoms with E-state index in [0.717, 1.165) is 32.1 Å². The molecule has 1 saturated carbocycles. The molecule has 1 rings (SSSR count). The van der Waals surface area contributed by atoms with E-state index in [1.165, 1.54) is 6.42 Å². The zero-order valence-corrected chi connectivity index (χ0v) is 10.9. The molecule has 0 saturated heterocycles. The Hall–Kier alpha value is -0.610. The van der Waals surface area contributed by atoms with E-state index in [9.17, 15) is 9.90 Å². The molecule has 0 aliphatic heterocycles. The topological polar surface area (TPSA) is 75.4 Å². The summed E-state index contributed by atoms with van der Waals surface area (Å²) in [5.41, 5.74) is 5.37. The molecule has 0 aromatic rings. The van der Waals surface area contributed by atoms with Crippen molar-refractivity contribution in [1.29, 1.82) is 0 Å². The standard InChI is InChI=1S/C13H26N2O2/c1-11(5-8-14)12(17)15-9-13(10-16)6-3-2-4-7-13/h11,16H,2-10,14H2,1H3,(H,15,17). The summed E-state index contributed by atoms with van der Waals surface area (Å²) in [6, 6.07) is 0. The smallest absolute Gasteiger partial charge is 0.222 e. The third-order valence-electron chi connectivity index (χ3n) is 3.93. The first-order chi connectivity index (χ1) is 8.13. The van der Waals surface area contributed by atoms with Crippen molar-refractivity contribution < 1.29 is 9.90 Å². The molecule has 0 heterocycles. The van der Waals surface area contributed by atoms with E-state index in [4.69, 9.17) is 5.73 Å². The lowest BCUT2D eigenvalue weighted by Crippen LogP contribution is -2.43. The van der Waals surface area contributed by atoms with Gasteiger partial charge in [-0.05, 0) is 25.8 Å². The summed E-state index contributed by atoms with van der Waals surface area (Å²) in [6.07, 6.45) is 6.34. The van der Waals surface area contributed by atoms with Gasteiger partial charge in [0.15, 0.2) is 0 Å². The predicted octanol–water partition coefficient (Wildman–Crippen LogP) is 1.03. The highest BCUT2D eigenvalue weighted by molar-refractivity contribution is 5.78. The number of nitrogens with two attached hydrogens (primary N) is 1. The van der Waals surface area contributed by atoms with Crippen LogP contribution in [0.15, 0.2) is 0 Å². The maximum atomic E-state index is 11.8. The van der Waals surface area contributed by atoms with Crippen LogP contribution in [0.1, 0.15) is 45.4 Å². The van der Waals surface area contributed by atoms with E-state index < -0.39 is 0 Å². The van der Waals surface area contributed by atoms with Crippen molar-refractivity contribution >= 4 is 5.91 Å². The van der Waals surface area contributed by atoms with Gasteiger partial charge in [-0.2, -0.15) is 0 Å². The molecule has 0 aromatic carbocycles. The average molecular weight is 242 g/mol. The number of hydrogen-bond acceptors (Lipinski definition) is 3. The Kier molecular flexibility index (Phi) is 5.92. The molecule has 1 aliphatic rings. The Morgan fingerprint density at radius 3 is 2.59 bits per heavy atom. The van der Waals surface area contributed by atoms with Crippen molar-refractivity contribution in [2.24, 2.45) is 17.1 Å². The van der Waals surface area contributed by atoms with Gasteiger partial charge in [0.1, 0.15) is 0 Å². The number of carbonyl (C=O) groups is 1. The number of aliphatic hydroxyl groups excluding tert-OH is 1. The van der Waals surface area contributed by atoms with Crippen LogP contribution in [0, 0.1) is 11.3 Å². The van der Waals surface area contributed by atoms with Crippen LogP contribution in [0.5, 0.6) is 0 Å². The summed E-state index contributed by atoms with van der Waals surface area (Å²) in [7, 11) is 0. The van der Waals surface area contributed by atoms with Gasteiger partial charge in [0.2, 0.25) is 5.91 Å². The Balaban J connectivity index is 2.39. The first-order valence-electron chi connectivity index (χ1n) is 6.72. The predicted molar refractivity (Wildman–Crippen MR) is 68.4 cm³/mol. The summed E-state index contributed by atoms with van der Waals surface area (Å²) in [5, 5.41) is 12.5. The second-order valence-electron chi connectivity index (χ2n) is 5.41. The van der Waals surface area contributed by atoms with Crippen molar-refractivity contribution in [1.82, 2.24) is 5.32 Å². The Labute approximate surface area is 104 Å². The quantitative estimate of drug-likeness (QED) is 0.651. The zero-order chi connectivity index (χ0) is 12.7.